The third kappa shape index (κ3) is 1.92. The predicted molar refractivity (Wildman–Crippen MR) is 84.6 cm³/mol. The molecule has 0 spiro atoms. The maximum absolute atomic E-state index is 13.1. The molecule has 5 aliphatic rings. The van der Waals surface area contributed by atoms with Gasteiger partial charge in [0.05, 0.1) is 38.3 Å². The fraction of sp³-hybridized carbons (Fsp3) is 0.722. The summed E-state index contributed by atoms with van der Waals surface area (Å²) < 4.78 is 27.0. The smallest absolute Gasteiger partial charge is 0.333 e. The van der Waals surface area contributed by atoms with Crippen LogP contribution in [0.1, 0.15) is 6.42 Å². The van der Waals surface area contributed by atoms with Crippen LogP contribution in [0.4, 0.5) is 0 Å². The van der Waals surface area contributed by atoms with E-state index in [1.807, 2.05) is 0 Å². The van der Waals surface area contributed by atoms with E-state index in [1.54, 1.807) is 6.08 Å². The van der Waals surface area contributed by atoms with Crippen LogP contribution in [-0.2, 0) is 38.1 Å². The highest BCUT2D eigenvalue weighted by Crippen LogP contribution is 2.63. The second kappa shape index (κ2) is 5.87. The van der Waals surface area contributed by atoms with Gasteiger partial charge in [-0.2, -0.15) is 0 Å². The highest BCUT2D eigenvalue weighted by Gasteiger charge is 2.73. The minimum Gasteiger partial charge on any atom is -0.469 e. The lowest BCUT2D eigenvalue weighted by molar-refractivity contribution is -0.254. The lowest BCUT2D eigenvalue weighted by Gasteiger charge is -2.54. The van der Waals surface area contributed by atoms with Crippen LogP contribution in [0, 0.1) is 29.6 Å². The number of methoxy groups -OCH3 is 4. The van der Waals surface area contributed by atoms with E-state index in [0.717, 1.165) is 0 Å². The molecule has 2 aliphatic heterocycles. The van der Waals surface area contributed by atoms with Crippen LogP contribution in [-0.4, -0.2) is 64.2 Å². The van der Waals surface area contributed by atoms with Crippen LogP contribution in [0.15, 0.2) is 11.6 Å². The molecule has 142 valence electrons. The number of fused-ring (bicyclic) bond motifs is 3. The average molecular weight is 366 g/mol. The van der Waals surface area contributed by atoms with Gasteiger partial charge >= 0.3 is 11.9 Å². The maximum atomic E-state index is 13.1. The molecule has 0 aromatic heterocycles. The van der Waals surface area contributed by atoms with Crippen molar-refractivity contribution in [3.05, 3.63) is 11.6 Å². The van der Waals surface area contributed by atoms with Crippen LogP contribution >= 0.6 is 0 Å². The number of ketones is 1. The summed E-state index contributed by atoms with van der Waals surface area (Å²) in [7, 11) is 5.41. The van der Waals surface area contributed by atoms with Gasteiger partial charge in [-0.25, -0.2) is 4.79 Å². The summed E-state index contributed by atoms with van der Waals surface area (Å²) in [6.45, 7) is 0. The van der Waals surface area contributed by atoms with E-state index in [-0.39, 0.29) is 29.7 Å². The van der Waals surface area contributed by atoms with Gasteiger partial charge in [0.2, 0.25) is 5.79 Å². The number of ether oxygens (including phenoxy) is 5. The Labute approximate surface area is 150 Å². The molecule has 0 radical (unpaired) electrons. The number of carbonyl (C=O) groups is 3. The average Bonchev–Trinajstić information content (AvgIpc) is 3.27. The number of hydrogen-bond donors (Lipinski definition) is 0. The number of rotatable bonds is 4. The van der Waals surface area contributed by atoms with Crippen LogP contribution in [0.2, 0.25) is 0 Å². The maximum Gasteiger partial charge on any atom is 0.333 e. The summed E-state index contributed by atoms with van der Waals surface area (Å²) in [4.78, 5) is 37.7. The zero-order chi connectivity index (χ0) is 18.8. The second-order valence-electron chi connectivity index (χ2n) is 7.22. The zero-order valence-corrected chi connectivity index (χ0v) is 15.1. The first-order valence-corrected chi connectivity index (χ1v) is 8.63. The normalized spacial score (nSPS) is 41.6. The molecular formula is C18H22O8. The van der Waals surface area contributed by atoms with Crippen molar-refractivity contribution in [3.63, 3.8) is 0 Å². The molecule has 1 saturated carbocycles. The molecule has 8 heteroatoms. The number of carbonyl (C=O) groups excluding carboxylic acids is 3. The highest BCUT2D eigenvalue weighted by atomic mass is 16.7. The van der Waals surface area contributed by atoms with Crippen molar-refractivity contribution in [2.75, 3.05) is 28.4 Å². The molecule has 3 aliphatic carbocycles. The number of allylic oxidation sites excluding steroid dienone is 1. The minimum absolute atomic E-state index is 0.106. The molecule has 0 aromatic carbocycles. The first-order chi connectivity index (χ1) is 12.4. The summed E-state index contributed by atoms with van der Waals surface area (Å²) in [6, 6.07) is 0. The van der Waals surface area contributed by atoms with Crippen molar-refractivity contribution >= 4 is 17.7 Å². The van der Waals surface area contributed by atoms with Gasteiger partial charge in [-0.3, -0.25) is 9.59 Å². The summed E-state index contributed by atoms with van der Waals surface area (Å²) >= 11 is 0. The van der Waals surface area contributed by atoms with Crippen molar-refractivity contribution in [3.8, 4) is 0 Å². The first-order valence-electron chi connectivity index (χ1n) is 8.63. The van der Waals surface area contributed by atoms with E-state index in [4.69, 9.17) is 23.7 Å². The Morgan fingerprint density at radius 1 is 1.12 bits per heavy atom. The molecule has 0 N–H and O–H groups in total. The molecule has 2 saturated heterocycles. The van der Waals surface area contributed by atoms with Crippen molar-refractivity contribution in [1.29, 1.82) is 0 Å². The Bertz CT molecular complexity index is 693. The topological polar surface area (TPSA) is 97.4 Å². The van der Waals surface area contributed by atoms with Crippen molar-refractivity contribution in [2.45, 2.75) is 24.4 Å². The minimum atomic E-state index is -1.58. The Balaban J connectivity index is 1.83. The standard InChI is InChI=1S/C18H22O8/c1-22-16(20)8-5-7-11-10-6-9(17(21)23-2)14(26-10)12(11)13(8)18(24-3,25-4)15(7)19/h5,7,9-14H,6H2,1-4H3/t7-,9+,10-,11-,12+,13+,14-/m1/s1. The Morgan fingerprint density at radius 2 is 1.81 bits per heavy atom. The van der Waals surface area contributed by atoms with E-state index in [1.165, 1.54) is 28.4 Å². The van der Waals surface area contributed by atoms with E-state index >= 15 is 0 Å². The summed E-state index contributed by atoms with van der Waals surface area (Å²) in [5.74, 6) is -4.74. The van der Waals surface area contributed by atoms with Gasteiger partial charge in [0.1, 0.15) is 0 Å². The quantitative estimate of drug-likeness (QED) is 0.510. The molecule has 0 amide bonds. The van der Waals surface area contributed by atoms with Crippen LogP contribution in [0.5, 0.6) is 0 Å². The molecule has 3 fully saturated rings. The zero-order valence-electron chi connectivity index (χ0n) is 15.1. The van der Waals surface area contributed by atoms with Crippen molar-refractivity contribution < 1.29 is 38.1 Å². The summed E-state index contributed by atoms with van der Waals surface area (Å²) in [6.07, 6.45) is 1.51. The lowest BCUT2D eigenvalue weighted by atomic mass is 9.51. The van der Waals surface area contributed by atoms with Crippen LogP contribution in [0.25, 0.3) is 0 Å². The molecule has 2 heterocycles. The van der Waals surface area contributed by atoms with Gasteiger partial charge in [-0.15, -0.1) is 0 Å². The Kier molecular flexibility index (Phi) is 3.98. The van der Waals surface area contributed by atoms with E-state index in [2.05, 4.69) is 0 Å². The Hall–Kier alpha value is -1.77. The van der Waals surface area contributed by atoms with Gasteiger partial charge in [-0.05, 0) is 6.42 Å². The fourth-order valence-electron chi connectivity index (χ4n) is 5.64. The number of esters is 2. The molecule has 4 bridgehead atoms. The summed E-state index contributed by atoms with van der Waals surface area (Å²) in [5, 5.41) is 0. The van der Waals surface area contributed by atoms with E-state index in [9.17, 15) is 14.4 Å². The SMILES string of the molecule is COC(=O)C1=C[C@H]2C(=O)C(OC)(OC)[C@@H]1[C@H]1[C@@H]3O[C@H](C[C@@H]3C(=O)OC)[C@H]12. The molecule has 5 rings (SSSR count). The molecule has 26 heavy (non-hydrogen) atoms. The van der Waals surface area contributed by atoms with Crippen LogP contribution in [0.3, 0.4) is 0 Å². The molecule has 0 unspecified atom stereocenters. The molecule has 0 aromatic rings. The Morgan fingerprint density at radius 3 is 2.38 bits per heavy atom. The summed E-state index contributed by atoms with van der Waals surface area (Å²) in [5.41, 5.74) is 0.349. The second-order valence-corrected chi connectivity index (χ2v) is 7.22. The van der Waals surface area contributed by atoms with Gasteiger partial charge in [0.25, 0.3) is 0 Å². The number of hydrogen-bond acceptors (Lipinski definition) is 8. The monoisotopic (exact) mass is 366 g/mol. The number of Topliss-reactive ketones (excluding diaryl/α,β-unsaturated/α-hetero) is 1. The lowest BCUT2D eigenvalue weighted by Crippen LogP contribution is -2.67. The van der Waals surface area contributed by atoms with E-state index < -0.39 is 35.6 Å². The van der Waals surface area contributed by atoms with Crippen molar-refractivity contribution in [2.24, 2.45) is 29.6 Å². The van der Waals surface area contributed by atoms with Gasteiger partial charge < -0.3 is 23.7 Å². The largest absolute Gasteiger partial charge is 0.469 e. The van der Waals surface area contributed by atoms with Gasteiger partial charge in [-0.1, -0.05) is 6.08 Å². The highest BCUT2D eigenvalue weighted by molar-refractivity contribution is 6.00. The predicted octanol–water partition coefficient (Wildman–Crippen LogP) is 0.0963. The third-order valence-electron chi connectivity index (χ3n) is 6.55. The molecule has 8 nitrogen and oxygen atoms in total. The third-order valence-corrected chi connectivity index (χ3v) is 6.55. The van der Waals surface area contributed by atoms with E-state index in [0.29, 0.717) is 12.0 Å². The van der Waals surface area contributed by atoms with Crippen LogP contribution < -0.4 is 0 Å². The van der Waals surface area contributed by atoms with Gasteiger partial charge in [0.15, 0.2) is 5.78 Å². The fourth-order valence-corrected chi connectivity index (χ4v) is 5.64. The van der Waals surface area contributed by atoms with Crippen molar-refractivity contribution in [1.82, 2.24) is 0 Å². The molecule has 7 atom stereocenters. The van der Waals surface area contributed by atoms with Gasteiger partial charge in [0, 0.05) is 37.5 Å². The first kappa shape index (κ1) is 17.6. The molecular weight excluding hydrogens is 344 g/mol.